The number of benzene rings is 2. The van der Waals surface area contributed by atoms with Crippen LogP contribution in [0.4, 0.5) is 0 Å². The van der Waals surface area contributed by atoms with E-state index in [-0.39, 0.29) is 6.04 Å². The van der Waals surface area contributed by atoms with Gasteiger partial charge in [0.25, 0.3) is 0 Å². The van der Waals surface area contributed by atoms with Crippen LogP contribution in [-0.4, -0.2) is 7.11 Å². The third kappa shape index (κ3) is 3.35. The Hall–Kier alpha value is -1.45. The summed E-state index contributed by atoms with van der Waals surface area (Å²) in [6, 6.07) is 14.5. The van der Waals surface area contributed by atoms with Gasteiger partial charge in [-0.2, -0.15) is 0 Å². The number of nitrogens with two attached hydrogens (primary N) is 1. The Labute approximate surface area is 125 Å². The fraction of sp³-hybridized carbons (Fsp3) is 0.294. The zero-order chi connectivity index (χ0) is 14.5. The van der Waals surface area contributed by atoms with Gasteiger partial charge in [0.15, 0.2) is 0 Å². The summed E-state index contributed by atoms with van der Waals surface area (Å²) in [5.41, 5.74) is 9.87. The molecular weight excluding hydrogens is 266 g/mol. The Balaban J connectivity index is 2.24. The van der Waals surface area contributed by atoms with Gasteiger partial charge < -0.3 is 10.5 Å². The second-order valence-electron chi connectivity index (χ2n) is 4.88. The smallest absolute Gasteiger partial charge is 0.124 e. The lowest BCUT2D eigenvalue weighted by Crippen LogP contribution is -2.08. The van der Waals surface area contributed by atoms with E-state index < -0.39 is 0 Å². The molecule has 20 heavy (non-hydrogen) atoms. The Morgan fingerprint density at radius 1 is 1.15 bits per heavy atom. The molecular formula is C17H21NOS. The van der Waals surface area contributed by atoms with Gasteiger partial charge in [-0.15, -0.1) is 11.8 Å². The molecule has 0 radical (unpaired) electrons. The maximum Gasteiger partial charge on any atom is 0.124 e. The highest BCUT2D eigenvalue weighted by atomic mass is 32.2. The van der Waals surface area contributed by atoms with Crippen LogP contribution in [0, 0.1) is 6.92 Å². The third-order valence-electron chi connectivity index (χ3n) is 3.35. The molecule has 2 aromatic rings. The quantitative estimate of drug-likeness (QED) is 0.832. The van der Waals surface area contributed by atoms with Gasteiger partial charge in [-0.3, -0.25) is 0 Å². The van der Waals surface area contributed by atoms with E-state index in [0.29, 0.717) is 0 Å². The van der Waals surface area contributed by atoms with Crippen molar-refractivity contribution in [2.45, 2.75) is 30.5 Å². The van der Waals surface area contributed by atoms with Gasteiger partial charge in [0, 0.05) is 22.3 Å². The van der Waals surface area contributed by atoms with E-state index in [2.05, 4.69) is 37.3 Å². The van der Waals surface area contributed by atoms with Crippen molar-refractivity contribution in [2.24, 2.45) is 5.73 Å². The molecule has 0 unspecified atom stereocenters. The van der Waals surface area contributed by atoms with E-state index in [4.69, 9.17) is 10.5 Å². The number of thioether (sulfide) groups is 1. The third-order valence-corrected chi connectivity index (χ3v) is 4.47. The highest BCUT2D eigenvalue weighted by Gasteiger charge is 2.13. The van der Waals surface area contributed by atoms with Gasteiger partial charge in [-0.1, -0.05) is 30.3 Å². The van der Waals surface area contributed by atoms with Crippen LogP contribution in [0.3, 0.4) is 0 Å². The topological polar surface area (TPSA) is 35.2 Å². The Morgan fingerprint density at radius 3 is 2.55 bits per heavy atom. The van der Waals surface area contributed by atoms with Crippen LogP contribution in [0.25, 0.3) is 0 Å². The fourth-order valence-corrected chi connectivity index (χ4v) is 3.46. The maximum atomic E-state index is 6.10. The number of methoxy groups -OCH3 is 1. The van der Waals surface area contributed by atoms with Crippen LogP contribution in [0.5, 0.6) is 5.75 Å². The lowest BCUT2D eigenvalue weighted by Gasteiger charge is -2.16. The Kier molecular flexibility index (Phi) is 5.10. The zero-order valence-corrected chi connectivity index (χ0v) is 13.0. The average Bonchev–Trinajstić information content (AvgIpc) is 2.45. The minimum Gasteiger partial charge on any atom is -0.496 e. The molecule has 1 atom stereocenters. The molecule has 2 N–H and O–H groups in total. The molecule has 2 rings (SSSR count). The number of hydrogen-bond donors (Lipinski definition) is 1. The summed E-state index contributed by atoms with van der Waals surface area (Å²) in [6.45, 7) is 4.14. The first-order valence-electron chi connectivity index (χ1n) is 6.73. The lowest BCUT2D eigenvalue weighted by atomic mass is 10.1. The summed E-state index contributed by atoms with van der Waals surface area (Å²) in [7, 11) is 1.69. The molecule has 2 aromatic carbocycles. The molecule has 0 bridgehead atoms. The number of hydrogen-bond acceptors (Lipinski definition) is 3. The van der Waals surface area contributed by atoms with Gasteiger partial charge in [-0.05, 0) is 37.1 Å². The number of ether oxygens (including phenoxy) is 1. The van der Waals surface area contributed by atoms with Crippen molar-refractivity contribution in [3.8, 4) is 5.75 Å². The van der Waals surface area contributed by atoms with Crippen LogP contribution in [0.15, 0.2) is 47.4 Å². The molecule has 0 aromatic heterocycles. The van der Waals surface area contributed by atoms with Crippen molar-refractivity contribution < 1.29 is 4.74 Å². The predicted octanol–water partition coefficient (Wildman–Crippen LogP) is 4.32. The normalized spacial score (nSPS) is 12.2. The van der Waals surface area contributed by atoms with E-state index in [1.807, 2.05) is 30.8 Å². The first-order chi connectivity index (χ1) is 9.63. The molecule has 0 aliphatic heterocycles. The molecule has 0 heterocycles. The van der Waals surface area contributed by atoms with E-state index in [1.54, 1.807) is 7.11 Å². The molecule has 2 nitrogen and oxygen atoms in total. The summed E-state index contributed by atoms with van der Waals surface area (Å²) < 4.78 is 5.43. The van der Waals surface area contributed by atoms with Crippen LogP contribution in [0.2, 0.25) is 0 Å². The molecule has 0 aliphatic carbocycles. The maximum absolute atomic E-state index is 6.10. The van der Waals surface area contributed by atoms with Crippen molar-refractivity contribution in [3.63, 3.8) is 0 Å². The van der Waals surface area contributed by atoms with Crippen LogP contribution >= 0.6 is 11.8 Å². The van der Waals surface area contributed by atoms with Gasteiger partial charge in [0.05, 0.1) is 7.11 Å². The van der Waals surface area contributed by atoms with E-state index >= 15 is 0 Å². The monoisotopic (exact) mass is 287 g/mol. The fourth-order valence-electron chi connectivity index (χ4n) is 2.20. The van der Waals surface area contributed by atoms with Crippen LogP contribution in [-0.2, 0) is 5.75 Å². The molecule has 106 valence electrons. The van der Waals surface area contributed by atoms with Crippen molar-refractivity contribution >= 4 is 11.8 Å². The van der Waals surface area contributed by atoms with E-state index in [0.717, 1.165) is 17.1 Å². The first kappa shape index (κ1) is 14.9. The van der Waals surface area contributed by atoms with Crippen molar-refractivity contribution in [3.05, 3.63) is 59.2 Å². The first-order valence-corrected chi connectivity index (χ1v) is 7.72. The largest absolute Gasteiger partial charge is 0.496 e. The molecule has 0 fully saturated rings. The summed E-state index contributed by atoms with van der Waals surface area (Å²) in [5, 5.41) is 0. The minimum atomic E-state index is -0.0366. The highest BCUT2D eigenvalue weighted by molar-refractivity contribution is 7.98. The molecule has 3 heteroatoms. The van der Waals surface area contributed by atoms with E-state index in [9.17, 15) is 0 Å². The molecule has 0 aliphatic rings. The molecule has 0 saturated carbocycles. The second-order valence-corrected chi connectivity index (χ2v) is 5.89. The Bertz CT molecular complexity index is 581. The van der Waals surface area contributed by atoms with Gasteiger partial charge in [0.1, 0.15) is 5.75 Å². The van der Waals surface area contributed by atoms with Crippen LogP contribution in [0.1, 0.15) is 29.7 Å². The van der Waals surface area contributed by atoms with Crippen molar-refractivity contribution in [1.82, 2.24) is 0 Å². The molecule has 0 spiro atoms. The van der Waals surface area contributed by atoms with Gasteiger partial charge in [-0.25, -0.2) is 0 Å². The summed E-state index contributed by atoms with van der Waals surface area (Å²) >= 11 is 1.81. The predicted molar refractivity (Wildman–Crippen MR) is 86.3 cm³/mol. The van der Waals surface area contributed by atoms with Crippen molar-refractivity contribution in [1.29, 1.82) is 0 Å². The highest BCUT2D eigenvalue weighted by Crippen LogP contribution is 2.35. The number of aryl methyl sites for hydroxylation is 1. The minimum absolute atomic E-state index is 0.0366. The number of rotatable bonds is 5. The lowest BCUT2D eigenvalue weighted by molar-refractivity contribution is 0.405. The summed E-state index contributed by atoms with van der Waals surface area (Å²) in [5.74, 6) is 1.81. The van der Waals surface area contributed by atoms with E-state index in [1.165, 1.54) is 16.0 Å². The zero-order valence-electron chi connectivity index (χ0n) is 12.2. The standard InChI is InChI=1S/C17H21NOS/c1-12-7-4-5-8-14(12)11-20-16-10-6-9-15(19-3)17(16)13(2)18/h4-10,13H,11,18H2,1-3H3/t13-/m1/s1. The summed E-state index contributed by atoms with van der Waals surface area (Å²) in [6.07, 6.45) is 0. The summed E-state index contributed by atoms with van der Waals surface area (Å²) in [4.78, 5) is 1.20. The van der Waals surface area contributed by atoms with Gasteiger partial charge >= 0.3 is 0 Å². The van der Waals surface area contributed by atoms with Crippen molar-refractivity contribution in [2.75, 3.05) is 7.11 Å². The van der Waals surface area contributed by atoms with Gasteiger partial charge in [0.2, 0.25) is 0 Å². The Morgan fingerprint density at radius 2 is 1.90 bits per heavy atom. The molecule has 0 saturated heterocycles. The van der Waals surface area contributed by atoms with Crippen LogP contribution < -0.4 is 10.5 Å². The SMILES string of the molecule is COc1cccc(SCc2ccccc2C)c1[C@@H](C)N. The average molecular weight is 287 g/mol. The molecule has 0 amide bonds. The second kappa shape index (κ2) is 6.82.